The van der Waals surface area contributed by atoms with Gasteiger partial charge in [0.1, 0.15) is 5.82 Å². The van der Waals surface area contributed by atoms with Crippen LogP contribution in [0.4, 0.5) is 4.39 Å². The first-order valence-electron chi connectivity index (χ1n) is 8.19. The molecular formula is C20H17ClFN3O. The van der Waals surface area contributed by atoms with Crippen LogP contribution >= 0.6 is 11.6 Å². The van der Waals surface area contributed by atoms with Gasteiger partial charge in [0, 0.05) is 47.7 Å². The number of benzene rings is 1. The third-order valence-corrected chi connectivity index (χ3v) is 4.32. The summed E-state index contributed by atoms with van der Waals surface area (Å²) in [5.74, 6) is -0.568. The molecule has 6 heteroatoms. The molecule has 2 heterocycles. The monoisotopic (exact) mass is 369 g/mol. The minimum absolute atomic E-state index is 0.156. The van der Waals surface area contributed by atoms with E-state index in [-0.39, 0.29) is 18.7 Å². The van der Waals surface area contributed by atoms with Crippen molar-refractivity contribution in [2.45, 2.75) is 19.4 Å². The highest BCUT2D eigenvalue weighted by Crippen LogP contribution is 2.21. The molecule has 0 bridgehead atoms. The molecule has 0 atom stereocenters. The van der Waals surface area contributed by atoms with Crippen LogP contribution in [-0.4, -0.2) is 15.9 Å². The van der Waals surface area contributed by atoms with E-state index in [9.17, 15) is 9.18 Å². The maximum absolute atomic E-state index is 13.8. The predicted molar refractivity (Wildman–Crippen MR) is 99.0 cm³/mol. The first-order valence-corrected chi connectivity index (χ1v) is 8.57. The van der Waals surface area contributed by atoms with Gasteiger partial charge >= 0.3 is 0 Å². The number of rotatable bonds is 6. The number of hydrogen-bond donors (Lipinski definition) is 1. The average Bonchev–Trinajstić information content (AvgIpc) is 2.67. The second-order valence-corrected chi connectivity index (χ2v) is 6.14. The molecule has 1 aromatic carbocycles. The summed E-state index contributed by atoms with van der Waals surface area (Å²) in [6.07, 6.45) is 5.53. The lowest BCUT2D eigenvalue weighted by Gasteiger charge is -2.10. The fourth-order valence-electron chi connectivity index (χ4n) is 2.64. The molecule has 0 saturated heterocycles. The van der Waals surface area contributed by atoms with Crippen LogP contribution in [0, 0.1) is 5.82 Å². The Kier molecular flexibility index (Phi) is 5.92. The molecule has 3 rings (SSSR count). The number of aromatic nitrogens is 2. The van der Waals surface area contributed by atoms with Gasteiger partial charge in [-0.3, -0.25) is 14.8 Å². The summed E-state index contributed by atoms with van der Waals surface area (Å²) in [4.78, 5) is 20.6. The molecule has 1 N–H and O–H groups in total. The van der Waals surface area contributed by atoms with Gasteiger partial charge < -0.3 is 5.32 Å². The van der Waals surface area contributed by atoms with Gasteiger partial charge in [0.25, 0.3) is 0 Å². The second kappa shape index (κ2) is 8.54. The van der Waals surface area contributed by atoms with Crippen molar-refractivity contribution in [2.24, 2.45) is 0 Å². The maximum atomic E-state index is 13.8. The van der Waals surface area contributed by atoms with E-state index in [0.29, 0.717) is 17.1 Å². The van der Waals surface area contributed by atoms with Crippen molar-refractivity contribution in [1.82, 2.24) is 15.3 Å². The van der Waals surface area contributed by atoms with Crippen molar-refractivity contribution in [3.63, 3.8) is 0 Å². The van der Waals surface area contributed by atoms with Crippen LogP contribution in [0.25, 0.3) is 11.3 Å². The van der Waals surface area contributed by atoms with Crippen LogP contribution < -0.4 is 5.32 Å². The Hall–Kier alpha value is -2.79. The maximum Gasteiger partial charge on any atom is 0.220 e. The van der Waals surface area contributed by atoms with Gasteiger partial charge in [-0.25, -0.2) is 4.39 Å². The lowest BCUT2D eigenvalue weighted by molar-refractivity contribution is -0.121. The largest absolute Gasteiger partial charge is 0.352 e. The predicted octanol–water partition coefficient (Wildman–Crippen LogP) is 4.19. The standard InChI is InChI=1S/C20H17ClFN3O/c21-17-6-1-7-18(22)16(17)8-9-19(26)25-13-15-5-3-11-24-20(15)14-4-2-10-23-12-14/h1-7,10-12H,8-9,13H2,(H,25,26). The summed E-state index contributed by atoms with van der Waals surface area (Å²) in [6, 6.07) is 12.0. The first kappa shape index (κ1) is 18.0. The number of nitrogens with zero attached hydrogens (tertiary/aromatic N) is 2. The summed E-state index contributed by atoms with van der Waals surface area (Å²) in [5.41, 5.74) is 2.91. The van der Waals surface area contributed by atoms with Crippen molar-refractivity contribution in [1.29, 1.82) is 0 Å². The number of pyridine rings is 2. The highest BCUT2D eigenvalue weighted by molar-refractivity contribution is 6.31. The fourth-order valence-corrected chi connectivity index (χ4v) is 2.89. The highest BCUT2D eigenvalue weighted by Gasteiger charge is 2.11. The number of hydrogen-bond acceptors (Lipinski definition) is 3. The molecule has 3 aromatic rings. The molecule has 26 heavy (non-hydrogen) atoms. The smallest absolute Gasteiger partial charge is 0.220 e. The molecule has 0 aliphatic carbocycles. The molecule has 0 aliphatic heterocycles. The van der Waals surface area contributed by atoms with E-state index in [2.05, 4.69) is 15.3 Å². The van der Waals surface area contributed by atoms with Crippen LogP contribution in [-0.2, 0) is 17.8 Å². The van der Waals surface area contributed by atoms with E-state index in [1.165, 1.54) is 6.07 Å². The van der Waals surface area contributed by atoms with Crippen molar-refractivity contribution >= 4 is 17.5 Å². The topological polar surface area (TPSA) is 54.9 Å². The molecular weight excluding hydrogens is 353 g/mol. The van der Waals surface area contributed by atoms with Gasteiger partial charge in [0.05, 0.1) is 5.69 Å². The van der Waals surface area contributed by atoms with E-state index < -0.39 is 5.82 Å². The van der Waals surface area contributed by atoms with Gasteiger partial charge in [-0.05, 0) is 42.3 Å². The van der Waals surface area contributed by atoms with Crippen molar-refractivity contribution < 1.29 is 9.18 Å². The van der Waals surface area contributed by atoms with Crippen LogP contribution in [0.1, 0.15) is 17.5 Å². The molecule has 0 fully saturated rings. The van der Waals surface area contributed by atoms with Crippen molar-refractivity contribution in [2.75, 3.05) is 0 Å². The Balaban J connectivity index is 1.62. The third-order valence-electron chi connectivity index (χ3n) is 3.97. The van der Waals surface area contributed by atoms with E-state index >= 15 is 0 Å². The van der Waals surface area contributed by atoms with Gasteiger partial charge in [-0.15, -0.1) is 0 Å². The van der Waals surface area contributed by atoms with Crippen LogP contribution in [0.2, 0.25) is 5.02 Å². The molecule has 0 unspecified atom stereocenters. The summed E-state index contributed by atoms with van der Waals surface area (Å²) in [7, 11) is 0. The van der Waals surface area contributed by atoms with E-state index in [4.69, 9.17) is 11.6 Å². The summed E-state index contributed by atoms with van der Waals surface area (Å²) in [5, 5.41) is 3.19. The fraction of sp³-hybridized carbons (Fsp3) is 0.150. The Morgan fingerprint density at radius 1 is 1.12 bits per heavy atom. The van der Waals surface area contributed by atoms with Crippen molar-refractivity contribution in [3.8, 4) is 11.3 Å². The van der Waals surface area contributed by atoms with Crippen molar-refractivity contribution in [3.05, 3.63) is 83.0 Å². The van der Waals surface area contributed by atoms with Crippen LogP contribution in [0.15, 0.2) is 61.1 Å². The quantitative estimate of drug-likeness (QED) is 0.709. The zero-order valence-corrected chi connectivity index (χ0v) is 14.7. The average molecular weight is 370 g/mol. The van der Waals surface area contributed by atoms with Gasteiger partial charge in [-0.2, -0.15) is 0 Å². The summed E-state index contributed by atoms with van der Waals surface area (Å²) >= 11 is 5.99. The molecule has 1 amide bonds. The van der Waals surface area contributed by atoms with E-state index in [1.54, 1.807) is 30.7 Å². The Bertz CT molecular complexity index is 882. The molecule has 0 saturated carbocycles. The minimum Gasteiger partial charge on any atom is -0.352 e. The Labute approximate surface area is 156 Å². The number of amides is 1. The molecule has 0 radical (unpaired) electrons. The lowest BCUT2D eigenvalue weighted by Crippen LogP contribution is -2.23. The normalized spacial score (nSPS) is 10.5. The Morgan fingerprint density at radius 2 is 1.96 bits per heavy atom. The zero-order chi connectivity index (χ0) is 18.4. The number of nitrogens with one attached hydrogen (secondary N) is 1. The van der Waals surface area contributed by atoms with Gasteiger partial charge in [0.2, 0.25) is 5.91 Å². The van der Waals surface area contributed by atoms with E-state index in [0.717, 1.165) is 16.8 Å². The zero-order valence-electron chi connectivity index (χ0n) is 14.0. The first-order chi connectivity index (χ1) is 12.6. The molecule has 0 spiro atoms. The highest BCUT2D eigenvalue weighted by atomic mass is 35.5. The number of carbonyl (C=O) groups is 1. The number of carbonyl (C=O) groups excluding carboxylic acids is 1. The van der Waals surface area contributed by atoms with Crippen LogP contribution in [0.5, 0.6) is 0 Å². The van der Waals surface area contributed by atoms with Crippen LogP contribution in [0.3, 0.4) is 0 Å². The minimum atomic E-state index is -0.392. The number of halogens is 2. The summed E-state index contributed by atoms with van der Waals surface area (Å²) in [6.45, 7) is 0.335. The molecule has 2 aromatic heterocycles. The van der Waals surface area contributed by atoms with E-state index in [1.807, 2.05) is 24.3 Å². The Morgan fingerprint density at radius 3 is 2.73 bits per heavy atom. The van der Waals surface area contributed by atoms with Gasteiger partial charge in [-0.1, -0.05) is 23.7 Å². The third kappa shape index (κ3) is 4.43. The lowest BCUT2D eigenvalue weighted by atomic mass is 10.1. The van der Waals surface area contributed by atoms with Gasteiger partial charge in [0.15, 0.2) is 0 Å². The SMILES string of the molecule is O=C(CCc1c(F)cccc1Cl)NCc1cccnc1-c1cccnc1. The molecule has 132 valence electrons. The molecule has 0 aliphatic rings. The molecule has 4 nitrogen and oxygen atoms in total. The summed E-state index contributed by atoms with van der Waals surface area (Å²) < 4.78 is 13.8. The second-order valence-electron chi connectivity index (χ2n) is 5.73.